The van der Waals surface area contributed by atoms with E-state index in [1.54, 1.807) is 18.3 Å². The number of thiophene rings is 1. The lowest BCUT2D eigenvalue weighted by Gasteiger charge is -2.35. The second-order valence-electron chi connectivity index (χ2n) is 7.66. The molecule has 0 aromatic carbocycles. The molecule has 1 amide bonds. The van der Waals surface area contributed by atoms with E-state index in [1.165, 1.54) is 11.9 Å². The van der Waals surface area contributed by atoms with Crippen LogP contribution in [-0.2, 0) is 17.8 Å². The summed E-state index contributed by atoms with van der Waals surface area (Å²) in [6, 6.07) is 2.39. The Morgan fingerprint density at radius 2 is 2.19 bits per heavy atom. The Kier molecular flexibility index (Phi) is 4.88. The topological polar surface area (TPSA) is 49.3 Å². The van der Waals surface area contributed by atoms with E-state index in [4.69, 9.17) is 0 Å². The molecule has 27 heavy (non-hydrogen) atoms. The molecule has 144 valence electrons. The third-order valence-corrected chi connectivity index (χ3v) is 6.83. The number of hydrogen-bond acceptors (Lipinski definition) is 5. The van der Waals surface area contributed by atoms with Gasteiger partial charge in [0.15, 0.2) is 11.6 Å². The van der Waals surface area contributed by atoms with Crippen LogP contribution in [0.25, 0.3) is 0 Å². The van der Waals surface area contributed by atoms with Gasteiger partial charge in [-0.3, -0.25) is 4.79 Å². The van der Waals surface area contributed by atoms with Gasteiger partial charge < -0.3 is 9.80 Å². The number of amides is 1. The van der Waals surface area contributed by atoms with E-state index in [-0.39, 0.29) is 17.1 Å². The van der Waals surface area contributed by atoms with Crippen LogP contribution >= 0.6 is 11.3 Å². The zero-order chi connectivity index (χ0) is 19.0. The first-order valence-corrected chi connectivity index (χ1v) is 10.5. The molecule has 3 heterocycles. The maximum Gasteiger partial charge on any atom is 0.220 e. The zero-order valence-corrected chi connectivity index (χ0v) is 16.6. The Morgan fingerprint density at radius 3 is 2.81 bits per heavy atom. The fourth-order valence-electron chi connectivity index (χ4n) is 4.35. The predicted molar refractivity (Wildman–Crippen MR) is 104 cm³/mol. The van der Waals surface area contributed by atoms with E-state index in [9.17, 15) is 9.18 Å². The Labute approximate surface area is 163 Å². The molecule has 1 aliphatic heterocycles. The van der Waals surface area contributed by atoms with Gasteiger partial charge in [0.05, 0.1) is 5.69 Å². The van der Waals surface area contributed by atoms with Gasteiger partial charge in [-0.05, 0) is 53.5 Å². The van der Waals surface area contributed by atoms with Crippen LogP contribution in [0.3, 0.4) is 0 Å². The quantitative estimate of drug-likeness (QED) is 0.785. The molecule has 1 spiro atoms. The van der Waals surface area contributed by atoms with E-state index in [2.05, 4.69) is 26.8 Å². The first kappa shape index (κ1) is 18.3. The molecule has 1 aliphatic carbocycles. The van der Waals surface area contributed by atoms with Crippen LogP contribution in [0.15, 0.2) is 23.2 Å². The van der Waals surface area contributed by atoms with Crippen molar-refractivity contribution in [1.29, 1.82) is 0 Å². The lowest BCUT2D eigenvalue weighted by molar-refractivity contribution is -0.130. The normalized spacial score (nSPS) is 20.7. The van der Waals surface area contributed by atoms with Crippen LogP contribution in [0.2, 0.25) is 0 Å². The van der Waals surface area contributed by atoms with Crippen LogP contribution in [-0.4, -0.2) is 39.9 Å². The highest BCUT2D eigenvalue weighted by atomic mass is 32.1. The van der Waals surface area contributed by atoms with Crippen molar-refractivity contribution in [3.05, 3.63) is 40.2 Å². The third kappa shape index (κ3) is 3.45. The largest absolute Gasteiger partial charge is 0.354 e. The van der Waals surface area contributed by atoms with E-state index < -0.39 is 0 Å². The van der Waals surface area contributed by atoms with Crippen molar-refractivity contribution >= 4 is 23.1 Å². The van der Waals surface area contributed by atoms with Crippen molar-refractivity contribution in [2.24, 2.45) is 5.41 Å². The smallest absolute Gasteiger partial charge is 0.220 e. The molecule has 1 saturated carbocycles. The minimum Gasteiger partial charge on any atom is -0.354 e. The summed E-state index contributed by atoms with van der Waals surface area (Å²) in [7, 11) is 0. The number of anilines is 1. The van der Waals surface area contributed by atoms with Gasteiger partial charge in [-0.15, -0.1) is 0 Å². The van der Waals surface area contributed by atoms with Crippen LogP contribution in [0, 0.1) is 11.2 Å². The lowest BCUT2D eigenvalue weighted by atomic mass is 9.92. The molecule has 2 aliphatic rings. The highest BCUT2D eigenvalue weighted by molar-refractivity contribution is 7.07. The minimum atomic E-state index is -0.286. The number of hydrogen-bond donors (Lipinski definition) is 0. The fraction of sp³-hybridized carbons (Fsp3) is 0.550. The number of carbonyl (C=O) groups is 1. The van der Waals surface area contributed by atoms with Gasteiger partial charge in [-0.1, -0.05) is 6.92 Å². The average Bonchev–Trinajstić information content (AvgIpc) is 3.10. The van der Waals surface area contributed by atoms with Crippen LogP contribution < -0.4 is 4.90 Å². The zero-order valence-electron chi connectivity index (χ0n) is 15.8. The number of halogens is 1. The molecule has 0 bridgehead atoms. The first-order chi connectivity index (χ1) is 13.0. The summed E-state index contributed by atoms with van der Waals surface area (Å²) in [6.45, 7) is 5.81. The van der Waals surface area contributed by atoms with Gasteiger partial charge in [-0.2, -0.15) is 11.3 Å². The number of nitrogens with zero attached hydrogens (tertiary/aromatic N) is 4. The maximum absolute atomic E-state index is 14.6. The van der Waals surface area contributed by atoms with E-state index in [1.807, 2.05) is 16.7 Å². The number of piperidine rings is 1. The second kappa shape index (κ2) is 7.19. The van der Waals surface area contributed by atoms with E-state index >= 15 is 0 Å². The molecule has 1 atom stereocenters. The molecule has 0 N–H and O–H groups in total. The molecule has 1 saturated heterocycles. The van der Waals surface area contributed by atoms with Crippen LogP contribution in [0.4, 0.5) is 10.2 Å². The molecule has 2 fully saturated rings. The summed E-state index contributed by atoms with van der Waals surface area (Å²) in [5, 5.41) is 4.16. The number of aromatic nitrogens is 2. The molecule has 1 unspecified atom stereocenters. The number of aryl methyl sites for hydroxylation is 1. The Morgan fingerprint density at radius 1 is 1.41 bits per heavy atom. The van der Waals surface area contributed by atoms with E-state index in [0.717, 1.165) is 32.4 Å². The van der Waals surface area contributed by atoms with Crippen molar-refractivity contribution < 1.29 is 9.18 Å². The summed E-state index contributed by atoms with van der Waals surface area (Å²) < 4.78 is 14.6. The van der Waals surface area contributed by atoms with Gasteiger partial charge >= 0.3 is 0 Å². The van der Waals surface area contributed by atoms with Gasteiger partial charge in [0, 0.05) is 32.6 Å². The van der Waals surface area contributed by atoms with Crippen molar-refractivity contribution in [2.45, 2.75) is 52.1 Å². The minimum absolute atomic E-state index is 0.139. The summed E-state index contributed by atoms with van der Waals surface area (Å²) in [6.07, 6.45) is 5.01. The molecule has 2 aromatic heterocycles. The molecule has 2 aromatic rings. The van der Waals surface area contributed by atoms with Crippen molar-refractivity contribution in [3.63, 3.8) is 0 Å². The lowest BCUT2D eigenvalue weighted by Crippen LogP contribution is -2.40. The standard InChI is InChI=1S/C20H25FN4OS/c1-3-16-18(21)19(23-13-22-16)24-7-5-20(6-8-24)10-17(20)25(14(2)26)11-15-4-9-27-12-15/h4,9,12-13,17H,3,5-8,10-11H2,1-2H3. The Hall–Kier alpha value is -2.02. The number of carbonyl (C=O) groups excluding carboxylic acids is 1. The fourth-order valence-corrected chi connectivity index (χ4v) is 5.01. The Bertz CT molecular complexity index is 817. The molecular formula is C20H25FN4OS. The summed E-state index contributed by atoms with van der Waals surface area (Å²) in [4.78, 5) is 24.5. The van der Waals surface area contributed by atoms with Crippen LogP contribution in [0.1, 0.15) is 44.4 Å². The van der Waals surface area contributed by atoms with Crippen molar-refractivity contribution in [1.82, 2.24) is 14.9 Å². The molecule has 4 rings (SSSR count). The van der Waals surface area contributed by atoms with Gasteiger partial charge in [-0.25, -0.2) is 14.4 Å². The SMILES string of the molecule is CCc1ncnc(N2CCC3(CC2)CC3N(Cc2ccsc2)C(C)=O)c1F. The maximum atomic E-state index is 14.6. The summed E-state index contributed by atoms with van der Waals surface area (Å²) in [5.74, 6) is 0.279. The molecule has 7 heteroatoms. The van der Waals surface area contributed by atoms with Crippen LogP contribution in [0.5, 0.6) is 0 Å². The average molecular weight is 389 g/mol. The monoisotopic (exact) mass is 388 g/mol. The predicted octanol–water partition coefficient (Wildman–Crippen LogP) is 3.65. The molecular weight excluding hydrogens is 363 g/mol. The summed E-state index contributed by atoms with van der Waals surface area (Å²) in [5.41, 5.74) is 1.86. The van der Waals surface area contributed by atoms with Crippen molar-refractivity contribution in [2.75, 3.05) is 18.0 Å². The van der Waals surface area contributed by atoms with Gasteiger partial charge in [0.25, 0.3) is 0 Å². The summed E-state index contributed by atoms with van der Waals surface area (Å²) >= 11 is 1.66. The van der Waals surface area contributed by atoms with Gasteiger partial charge in [0.1, 0.15) is 6.33 Å². The third-order valence-electron chi connectivity index (χ3n) is 6.10. The number of rotatable bonds is 5. The highest BCUT2D eigenvalue weighted by Crippen LogP contribution is 2.57. The Balaban J connectivity index is 1.43. The van der Waals surface area contributed by atoms with E-state index in [0.29, 0.717) is 30.5 Å². The second-order valence-corrected chi connectivity index (χ2v) is 8.44. The van der Waals surface area contributed by atoms with Crippen molar-refractivity contribution in [3.8, 4) is 0 Å². The first-order valence-electron chi connectivity index (χ1n) is 9.56. The highest BCUT2D eigenvalue weighted by Gasteiger charge is 2.58. The molecule has 5 nitrogen and oxygen atoms in total. The van der Waals surface area contributed by atoms with Gasteiger partial charge in [0.2, 0.25) is 5.91 Å². The molecule has 0 radical (unpaired) electrons.